The Morgan fingerprint density at radius 3 is 1.36 bits per heavy atom. The fraction of sp³-hybridized carbons (Fsp3) is 0.278. The van der Waals surface area contributed by atoms with Crippen LogP contribution in [0.1, 0.15) is 34.6 Å². The summed E-state index contributed by atoms with van der Waals surface area (Å²) in [7, 11) is 0. The fourth-order valence-corrected chi connectivity index (χ4v) is 0.707. The quantitative estimate of drug-likeness (QED) is 0.240. The average molecular weight is 435 g/mol. The number of oxime groups is 2. The van der Waals surface area contributed by atoms with E-state index in [1.54, 1.807) is 18.5 Å². The van der Waals surface area contributed by atoms with Crippen molar-refractivity contribution in [3.8, 4) is 0 Å². The van der Waals surface area contributed by atoms with Crippen molar-refractivity contribution in [1.82, 2.24) is 4.98 Å². The number of hydrogen-bond donors (Lipinski definition) is 2. The van der Waals surface area contributed by atoms with Crippen LogP contribution >= 0.6 is 0 Å². The Balaban J connectivity index is -0.000000138. The van der Waals surface area contributed by atoms with Crippen LogP contribution in [0.5, 0.6) is 0 Å². The van der Waals surface area contributed by atoms with Crippen LogP contribution < -0.4 is 0 Å². The van der Waals surface area contributed by atoms with Crippen LogP contribution in [0.4, 0.5) is 0 Å². The average Bonchev–Trinajstić information content (AvgIpc) is 2.74. The van der Waals surface area contributed by atoms with Crippen molar-refractivity contribution in [2.75, 3.05) is 0 Å². The first-order chi connectivity index (χ1) is 12.9. The molecule has 0 atom stereocenters. The second-order valence-electron chi connectivity index (χ2n) is 4.45. The van der Waals surface area contributed by atoms with Crippen LogP contribution in [0.2, 0.25) is 0 Å². The van der Waals surface area contributed by atoms with E-state index in [1.807, 2.05) is 31.2 Å². The standard InChI is InChI=1S/C5H5N.C5H7.2C4H8N2O2.Co/c1-2-4-6-5-3-1;1-3-5-4-2;2*1-3(5-7)4(2)6-8;/h1-5H;4-5H,1H2,2H3;2*7-8H,1-2H3;/q;-1;;;+3/p-2/b;5-4+;2*5-3+,6-4+;. The largest absolute Gasteiger partial charge is 3.00 e. The van der Waals surface area contributed by atoms with Gasteiger partial charge in [-0.25, -0.2) is 12.2 Å². The molecule has 0 bridgehead atoms. The van der Waals surface area contributed by atoms with E-state index >= 15 is 0 Å². The maximum Gasteiger partial charge on any atom is 3.00 e. The van der Waals surface area contributed by atoms with Gasteiger partial charge in [-0.05, 0) is 39.8 Å². The summed E-state index contributed by atoms with van der Waals surface area (Å²) in [5.74, 6) is 0. The van der Waals surface area contributed by atoms with E-state index in [4.69, 9.17) is 10.4 Å². The van der Waals surface area contributed by atoms with Gasteiger partial charge in [0.25, 0.3) is 0 Å². The molecule has 0 radical (unpaired) electrons. The molecule has 0 fully saturated rings. The fourth-order valence-electron chi connectivity index (χ4n) is 0.707. The molecule has 9 nitrogen and oxygen atoms in total. The Morgan fingerprint density at radius 2 is 1.29 bits per heavy atom. The Hall–Kier alpha value is -2.98. The molecular formula is C18H26CoN5O4. The van der Waals surface area contributed by atoms with Gasteiger partial charge >= 0.3 is 16.8 Å². The number of pyridine rings is 1. The van der Waals surface area contributed by atoms with Crippen LogP contribution in [0.25, 0.3) is 0 Å². The van der Waals surface area contributed by atoms with Gasteiger partial charge in [0.05, 0.1) is 22.8 Å². The Morgan fingerprint density at radius 1 is 0.893 bits per heavy atom. The number of aromatic nitrogens is 1. The third-order valence-corrected chi connectivity index (χ3v) is 2.47. The molecule has 0 aromatic carbocycles. The zero-order valence-corrected chi connectivity index (χ0v) is 17.6. The molecular weight excluding hydrogens is 409 g/mol. The van der Waals surface area contributed by atoms with Crippen molar-refractivity contribution >= 4 is 22.8 Å². The van der Waals surface area contributed by atoms with Crippen LogP contribution in [0, 0.1) is 16.5 Å². The summed E-state index contributed by atoms with van der Waals surface area (Å²) < 4.78 is 0. The molecule has 0 spiro atoms. The molecule has 1 rings (SSSR count). The maximum atomic E-state index is 9.63. The van der Waals surface area contributed by atoms with E-state index in [0.717, 1.165) is 0 Å². The van der Waals surface area contributed by atoms with E-state index in [9.17, 15) is 10.4 Å². The van der Waals surface area contributed by atoms with Gasteiger partial charge in [-0.1, -0.05) is 16.4 Å². The van der Waals surface area contributed by atoms with Crippen LogP contribution in [0.15, 0.2) is 69.9 Å². The molecule has 156 valence electrons. The minimum atomic E-state index is 0. The molecule has 0 aliphatic heterocycles. The van der Waals surface area contributed by atoms with Crippen molar-refractivity contribution in [3.05, 3.63) is 65.8 Å². The third-order valence-electron chi connectivity index (χ3n) is 2.47. The molecule has 0 amide bonds. The normalized spacial score (nSPS) is 11.5. The van der Waals surface area contributed by atoms with Gasteiger partial charge in [-0.2, -0.15) is 6.58 Å². The van der Waals surface area contributed by atoms with Crippen LogP contribution in [0.3, 0.4) is 0 Å². The smallest absolute Gasteiger partial charge is 0.792 e. The summed E-state index contributed by atoms with van der Waals surface area (Å²) in [4.78, 5) is 3.78. The molecule has 2 N–H and O–H groups in total. The zero-order chi connectivity index (χ0) is 21.5. The molecule has 0 unspecified atom stereocenters. The first-order valence-electron chi connectivity index (χ1n) is 7.56. The van der Waals surface area contributed by atoms with Gasteiger partial charge in [0.2, 0.25) is 0 Å². The number of allylic oxidation sites excluding steroid dienone is 3. The summed E-state index contributed by atoms with van der Waals surface area (Å²) >= 11 is 0. The SMILES string of the molecule is C=[C-]/C=C/C.CC(=N\[O-])/C(C)=N/O.CC(=N\[O-])/C(C)=N/O.[Co+3].c1ccncc1. The summed E-state index contributed by atoms with van der Waals surface area (Å²) in [6.45, 7) is 11.2. The number of nitrogens with zero attached hydrogens (tertiary/aromatic N) is 5. The maximum absolute atomic E-state index is 9.63. The van der Waals surface area contributed by atoms with Crippen molar-refractivity contribution < 1.29 is 27.2 Å². The van der Waals surface area contributed by atoms with Crippen molar-refractivity contribution in [3.63, 3.8) is 0 Å². The number of rotatable bonds is 3. The molecule has 0 saturated carbocycles. The van der Waals surface area contributed by atoms with Crippen LogP contribution in [-0.2, 0) is 16.8 Å². The van der Waals surface area contributed by atoms with Gasteiger partial charge in [-0.15, -0.1) is 6.92 Å². The predicted octanol–water partition coefficient (Wildman–Crippen LogP) is 4.22. The van der Waals surface area contributed by atoms with E-state index in [0.29, 0.717) is 0 Å². The van der Waals surface area contributed by atoms with Crippen molar-refractivity contribution in [2.24, 2.45) is 20.6 Å². The number of hydrogen-bond acceptors (Lipinski definition) is 9. The van der Waals surface area contributed by atoms with E-state index < -0.39 is 0 Å². The molecule has 28 heavy (non-hydrogen) atoms. The second-order valence-corrected chi connectivity index (χ2v) is 4.45. The predicted molar refractivity (Wildman–Crippen MR) is 111 cm³/mol. The third kappa shape index (κ3) is 25.3. The van der Waals surface area contributed by atoms with Gasteiger partial charge in [0.1, 0.15) is 0 Å². The molecule has 10 heteroatoms. The minimum absolute atomic E-state index is 0. The molecule has 0 aliphatic rings. The first kappa shape index (κ1) is 32.7. The van der Waals surface area contributed by atoms with E-state index in [1.165, 1.54) is 27.7 Å². The molecule has 1 aromatic heterocycles. The Kier molecular flexibility index (Phi) is 30.6. The summed E-state index contributed by atoms with van der Waals surface area (Å²) in [6, 6.07) is 5.72. The molecule has 0 saturated heterocycles. The van der Waals surface area contributed by atoms with Gasteiger partial charge < -0.3 is 31.1 Å². The van der Waals surface area contributed by atoms with Gasteiger partial charge in [0, 0.05) is 12.4 Å². The van der Waals surface area contributed by atoms with Crippen LogP contribution in [-0.4, -0.2) is 38.2 Å². The molecule has 0 aliphatic carbocycles. The van der Waals surface area contributed by atoms with Gasteiger partial charge in [-0.3, -0.25) is 11.1 Å². The first-order valence-corrected chi connectivity index (χ1v) is 7.56. The zero-order valence-electron chi connectivity index (χ0n) is 16.5. The summed E-state index contributed by atoms with van der Waals surface area (Å²) in [5, 5.41) is 45.8. The van der Waals surface area contributed by atoms with Crippen molar-refractivity contribution in [1.29, 1.82) is 0 Å². The monoisotopic (exact) mass is 435 g/mol. The molecule has 1 aromatic rings. The Bertz CT molecular complexity index is 539. The topological polar surface area (TPSA) is 149 Å². The second kappa shape index (κ2) is 26.2. The Labute approximate surface area is 176 Å². The summed E-state index contributed by atoms with van der Waals surface area (Å²) in [6.07, 6.45) is 9.73. The van der Waals surface area contributed by atoms with E-state index in [2.05, 4.69) is 38.3 Å². The minimum Gasteiger partial charge on any atom is -0.792 e. The van der Waals surface area contributed by atoms with Crippen molar-refractivity contribution in [2.45, 2.75) is 34.6 Å². The molecule has 1 heterocycles. The van der Waals surface area contributed by atoms with Gasteiger partial charge in [0.15, 0.2) is 0 Å². The summed E-state index contributed by atoms with van der Waals surface area (Å²) in [5.41, 5.74) is 0.903. The van der Waals surface area contributed by atoms with E-state index in [-0.39, 0.29) is 39.6 Å².